The van der Waals surface area contributed by atoms with Gasteiger partial charge in [-0.3, -0.25) is 14.8 Å². The maximum Gasteiger partial charge on any atom is 0.228 e. The van der Waals surface area contributed by atoms with Crippen LogP contribution < -0.4 is 0 Å². The smallest absolute Gasteiger partial charge is 0.228 e. The number of aromatic nitrogens is 2. The summed E-state index contributed by atoms with van der Waals surface area (Å²) in [7, 11) is 0. The van der Waals surface area contributed by atoms with Crippen molar-refractivity contribution in [3.8, 4) is 0 Å². The number of nitrogens with one attached hydrogen (secondary N) is 1. The normalized spacial score (nSPS) is 19.5. The number of H-pyrrole nitrogens is 1. The third-order valence-electron chi connectivity index (χ3n) is 4.29. The highest BCUT2D eigenvalue weighted by Gasteiger charge is 2.23. The second kappa shape index (κ2) is 7.42. The molecule has 2 aromatic rings. The molecule has 0 saturated carbocycles. The van der Waals surface area contributed by atoms with Crippen LogP contribution >= 0.6 is 0 Å². The first-order valence-corrected chi connectivity index (χ1v) is 8.23. The molecule has 1 aromatic carbocycles. The Kier molecular flexibility index (Phi) is 5.08. The largest absolute Gasteiger partial charge is 0.341 e. The van der Waals surface area contributed by atoms with Gasteiger partial charge in [-0.05, 0) is 17.5 Å². The average Bonchev–Trinajstić information content (AvgIpc) is 2.97. The molecular formula is C18H24N4O. The van der Waals surface area contributed by atoms with Crippen LogP contribution in [0.5, 0.6) is 0 Å². The van der Waals surface area contributed by atoms with E-state index >= 15 is 0 Å². The summed E-state index contributed by atoms with van der Waals surface area (Å²) in [6.45, 7) is 6.76. The Bertz CT molecular complexity index is 611. The Morgan fingerprint density at radius 1 is 1.22 bits per heavy atom. The summed E-state index contributed by atoms with van der Waals surface area (Å²) >= 11 is 0. The molecular weight excluding hydrogens is 288 g/mol. The summed E-state index contributed by atoms with van der Waals surface area (Å²) < 4.78 is 0. The second-order valence-corrected chi connectivity index (χ2v) is 6.42. The van der Waals surface area contributed by atoms with Crippen LogP contribution in [-0.2, 0) is 17.8 Å². The Hall–Kier alpha value is -2.14. The quantitative estimate of drug-likeness (QED) is 0.938. The van der Waals surface area contributed by atoms with Gasteiger partial charge in [0, 0.05) is 44.6 Å². The molecule has 1 saturated heterocycles. The van der Waals surface area contributed by atoms with Crippen LogP contribution in [0.3, 0.4) is 0 Å². The Balaban J connectivity index is 1.58. The van der Waals surface area contributed by atoms with E-state index in [1.165, 1.54) is 5.56 Å². The van der Waals surface area contributed by atoms with Gasteiger partial charge in [-0.2, -0.15) is 5.10 Å². The average molecular weight is 312 g/mol. The number of nitrogens with zero attached hydrogens (tertiary/aromatic N) is 3. The zero-order chi connectivity index (χ0) is 16.1. The molecule has 2 heterocycles. The maximum atomic E-state index is 12.5. The van der Waals surface area contributed by atoms with Gasteiger partial charge < -0.3 is 4.90 Å². The molecule has 1 aliphatic heterocycles. The number of amides is 1. The highest BCUT2D eigenvalue weighted by atomic mass is 16.2. The lowest BCUT2D eigenvalue weighted by atomic mass is 10.1. The van der Waals surface area contributed by atoms with E-state index in [1.54, 1.807) is 6.20 Å². The molecule has 0 radical (unpaired) electrons. The van der Waals surface area contributed by atoms with Gasteiger partial charge in [0.1, 0.15) is 0 Å². The van der Waals surface area contributed by atoms with Crippen LogP contribution in [0.25, 0.3) is 0 Å². The van der Waals surface area contributed by atoms with Crippen molar-refractivity contribution in [2.24, 2.45) is 5.92 Å². The van der Waals surface area contributed by atoms with Gasteiger partial charge in [0.2, 0.25) is 5.91 Å². The third kappa shape index (κ3) is 4.42. The van der Waals surface area contributed by atoms with Crippen molar-refractivity contribution >= 4 is 5.91 Å². The lowest BCUT2D eigenvalue weighted by Crippen LogP contribution is -2.36. The molecule has 1 amide bonds. The van der Waals surface area contributed by atoms with Crippen molar-refractivity contribution in [2.45, 2.75) is 19.9 Å². The number of hydrogen-bond acceptors (Lipinski definition) is 3. The fraction of sp³-hybridized carbons (Fsp3) is 0.444. The minimum absolute atomic E-state index is 0.183. The molecule has 5 nitrogen and oxygen atoms in total. The number of hydrogen-bond donors (Lipinski definition) is 1. The van der Waals surface area contributed by atoms with Crippen LogP contribution in [0.15, 0.2) is 42.6 Å². The Morgan fingerprint density at radius 2 is 2.04 bits per heavy atom. The topological polar surface area (TPSA) is 52.2 Å². The third-order valence-corrected chi connectivity index (χ3v) is 4.29. The van der Waals surface area contributed by atoms with Crippen molar-refractivity contribution in [3.63, 3.8) is 0 Å². The van der Waals surface area contributed by atoms with Crippen molar-refractivity contribution in [1.29, 1.82) is 0 Å². The molecule has 1 atom stereocenters. The van der Waals surface area contributed by atoms with Gasteiger partial charge in [-0.1, -0.05) is 37.3 Å². The zero-order valence-corrected chi connectivity index (χ0v) is 13.6. The first kappa shape index (κ1) is 15.7. The molecule has 122 valence electrons. The van der Waals surface area contributed by atoms with E-state index in [0.29, 0.717) is 12.3 Å². The van der Waals surface area contributed by atoms with Gasteiger partial charge in [0.05, 0.1) is 6.42 Å². The van der Waals surface area contributed by atoms with Crippen LogP contribution in [-0.4, -0.2) is 52.1 Å². The molecule has 1 N–H and O–H groups in total. The van der Waals surface area contributed by atoms with Gasteiger partial charge in [-0.25, -0.2) is 0 Å². The summed E-state index contributed by atoms with van der Waals surface area (Å²) in [6.07, 6.45) is 2.10. The highest BCUT2D eigenvalue weighted by Crippen LogP contribution is 2.13. The summed E-state index contributed by atoms with van der Waals surface area (Å²) in [5, 5.41) is 6.78. The molecule has 1 aliphatic rings. The fourth-order valence-electron chi connectivity index (χ4n) is 3.19. The Labute approximate surface area is 137 Å². The van der Waals surface area contributed by atoms with E-state index in [0.717, 1.165) is 38.4 Å². The molecule has 3 rings (SSSR count). The zero-order valence-electron chi connectivity index (χ0n) is 13.6. The van der Waals surface area contributed by atoms with Crippen LogP contribution in [0.4, 0.5) is 0 Å². The number of benzene rings is 1. The molecule has 0 aliphatic carbocycles. The summed E-state index contributed by atoms with van der Waals surface area (Å²) in [6, 6.07) is 12.4. The SMILES string of the molecule is CC1CN(Cc2ccccc2)CCN(C(=O)Cc2ccn[nH]2)C1. The summed E-state index contributed by atoms with van der Waals surface area (Å²) in [4.78, 5) is 16.9. The van der Waals surface area contributed by atoms with Crippen LogP contribution in [0, 0.1) is 5.92 Å². The van der Waals surface area contributed by atoms with E-state index in [9.17, 15) is 4.79 Å². The van der Waals surface area contributed by atoms with E-state index in [2.05, 4.69) is 46.3 Å². The van der Waals surface area contributed by atoms with Crippen molar-refractivity contribution in [1.82, 2.24) is 20.0 Å². The second-order valence-electron chi connectivity index (χ2n) is 6.42. The summed E-state index contributed by atoms with van der Waals surface area (Å²) in [5.41, 5.74) is 2.21. The van der Waals surface area contributed by atoms with Gasteiger partial charge in [-0.15, -0.1) is 0 Å². The highest BCUT2D eigenvalue weighted by molar-refractivity contribution is 5.78. The number of rotatable bonds is 4. The first-order valence-electron chi connectivity index (χ1n) is 8.23. The summed E-state index contributed by atoms with van der Waals surface area (Å²) in [5.74, 6) is 0.662. The van der Waals surface area contributed by atoms with Gasteiger partial charge in [0.25, 0.3) is 0 Å². The van der Waals surface area contributed by atoms with Gasteiger partial charge in [0.15, 0.2) is 0 Å². The number of aromatic amines is 1. The molecule has 1 fully saturated rings. The molecule has 0 spiro atoms. The van der Waals surface area contributed by atoms with E-state index in [1.807, 2.05) is 17.0 Å². The molecule has 1 unspecified atom stereocenters. The predicted molar refractivity (Wildman–Crippen MR) is 89.8 cm³/mol. The van der Waals surface area contributed by atoms with Gasteiger partial charge >= 0.3 is 0 Å². The minimum atomic E-state index is 0.183. The monoisotopic (exact) mass is 312 g/mol. The van der Waals surface area contributed by atoms with Crippen molar-refractivity contribution < 1.29 is 4.79 Å². The molecule has 5 heteroatoms. The van der Waals surface area contributed by atoms with E-state index in [4.69, 9.17) is 0 Å². The standard InChI is InChI=1S/C18H24N4O/c1-15-12-21(14-16-5-3-2-4-6-16)9-10-22(13-15)18(23)11-17-7-8-19-20-17/h2-8,15H,9-14H2,1H3,(H,19,20). The fourth-order valence-corrected chi connectivity index (χ4v) is 3.19. The number of carbonyl (C=O) groups excluding carboxylic acids is 1. The molecule has 23 heavy (non-hydrogen) atoms. The van der Waals surface area contributed by atoms with E-state index in [-0.39, 0.29) is 5.91 Å². The first-order chi connectivity index (χ1) is 11.2. The predicted octanol–water partition coefficient (Wildman–Crippen LogP) is 1.93. The van der Waals surface area contributed by atoms with E-state index < -0.39 is 0 Å². The lowest BCUT2D eigenvalue weighted by Gasteiger charge is -2.22. The molecule has 0 bridgehead atoms. The van der Waals surface area contributed by atoms with Crippen molar-refractivity contribution in [3.05, 3.63) is 53.9 Å². The van der Waals surface area contributed by atoms with Crippen LogP contribution in [0.2, 0.25) is 0 Å². The minimum Gasteiger partial charge on any atom is -0.341 e. The lowest BCUT2D eigenvalue weighted by molar-refractivity contribution is -0.130. The molecule has 1 aromatic heterocycles. The van der Waals surface area contributed by atoms with Crippen LogP contribution in [0.1, 0.15) is 18.2 Å². The Morgan fingerprint density at radius 3 is 2.78 bits per heavy atom. The maximum absolute atomic E-state index is 12.5. The van der Waals surface area contributed by atoms with Crippen molar-refractivity contribution in [2.75, 3.05) is 26.2 Å². The number of carbonyl (C=O) groups is 1.